The highest BCUT2D eigenvalue weighted by Crippen LogP contribution is 2.25. The van der Waals surface area contributed by atoms with E-state index >= 15 is 0 Å². The molecule has 10 nitrogen and oxygen atoms in total. The number of ether oxygens (including phenoxy) is 6. The van der Waals surface area contributed by atoms with Gasteiger partial charge in [-0.25, -0.2) is 0 Å². The molecule has 0 amide bonds. The Morgan fingerprint density at radius 1 is 0.303 bits per heavy atom. The van der Waals surface area contributed by atoms with Crippen LogP contribution in [0.4, 0.5) is 0 Å². The molecule has 7 aromatic rings. The van der Waals surface area contributed by atoms with Gasteiger partial charge < -0.3 is 33.2 Å². The fourth-order valence-electron chi connectivity index (χ4n) is 5.19. The number of Topliss-reactive ketones (excluding diaryl/α,β-unsaturated/α-hetero) is 4. The molecule has 0 aliphatic rings. The monoisotopic (exact) mass is 896 g/mol. The molecular weight excluding hydrogens is 833 g/mol. The Hall–Kier alpha value is -7.56. The van der Waals surface area contributed by atoms with Gasteiger partial charge >= 0.3 is 0 Å². The van der Waals surface area contributed by atoms with Crippen LogP contribution >= 0.6 is 0 Å². The third kappa shape index (κ3) is 23.2. The molecule has 0 radical (unpaired) electrons. The highest BCUT2D eigenvalue weighted by molar-refractivity contribution is 5.98. The summed E-state index contributed by atoms with van der Waals surface area (Å²) in [5.41, 5.74) is 4.57. The summed E-state index contributed by atoms with van der Waals surface area (Å²) in [6, 6.07) is 53.4. The lowest BCUT2D eigenvalue weighted by molar-refractivity contribution is -0.115. The second kappa shape index (κ2) is 33.0. The molecule has 348 valence electrons. The maximum absolute atomic E-state index is 11.2. The van der Waals surface area contributed by atoms with Gasteiger partial charge in [-0.1, -0.05) is 91.0 Å². The van der Waals surface area contributed by atoms with Gasteiger partial charge in [-0.3, -0.25) is 14.4 Å². The molecule has 0 unspecified atom stereocenters. The van der Waals surface area contributed by atoms with E-state index in [1.54, 1.807) is 94.8 Å². The zero-order chi connectivity index (χ0) is 49.3. The van der Waals surface area contributed by atoms with E-state index in [1.165, 1.54) is 25.0 Å². The Balaban J connectivity index is 0.000000406. The van der Waals surface area contributed by atoms with Gasteiger partial charge in [0.2, 0.25) is 0 Å². The van der Waals surface area contributed by atoms with Crippen LogP contribution in [0.25, 0.3) is 21.9 Å². The van der Waals surface area contributed by atoms with Crippen molar-refractivity contribution in [3.63, 3.8) is 0 Å². The van der Waals surface area contributed by atoms with Crippen LogP contribution in [-0.2, 0) is 9.53 Å². The number of hydrogen-bond acceptors (Lipinski definition) is 10. The largest absolute Gasteiger partial charge is 0.497 e. The van der Waals surface area contributed by atoms with Crippen molar-refractivity contribution in [3.8, 4) is 39.9 Å². The Bertz CT molecular complexity index is 2380. The summed E-state index contributed by atoms with van der Waals surface area (Å²) in [7, 11) is 11.5. The molecule has 0 saturated heterocycles. The molecule has 0 atom stereocenters. The molecule has 66 heavy (non-hydrogen) atoms. The average molecular weight is 897 g/mol. The number of hydrogen-bond donors (Lipinski definition) is 0. The summed E-state index contributed by atoms with van der Waals surface area (Å²) < 4.78 is 29.5. The highest BCUT2D eigenvalue weighted by atomic mass is 16.5. The summed E-state index contributed by atoms with van der Waals surface area (Å²) in [6.07, 6.45) is 0. The third-order valence-electron chi connectivity index (χ3n) is 8.62. The topological polar surface area (TPSA) is 124 Å². The predicted octanol–water partition coefficient (Wildman–Crippen LogP) is 12.8. The number of carbonyl (C=O) groups is 4. The normalized spacial score (nSPS) is 9.21. The van der Waals surface area contributed by atoms with Crippen LogP contribution in [0.2, 0.25) is 0 Å². The van der Waals surface area contributed by atoms with Crippen molar-refractivity contribution in [2.24, 2.45) is 0 Å². The van der Waals surface area contributed by atoms with Crippen LogP contribution in [-0.4, -0.2) is 72.9 Å². The first-order valence-electron chi connectivity index (χ1n) is 20.7. The van der Waals surface area contributed by atoms with Gasteiger partial charge in [-0.15, -0.1) is 0 Å². The van der Waals surface area contributed by atoms with Crippen LogP contribution in [0.1, 0.15) is 65.7 Å². The summed E-state index contributed by atoms with van der Waals surface area (Å²) in [4.78, 5) is 42.1. The summed E-state index contributed by atoms with van der Waals surface area (Å²) >= 11 is 0. The minimum Gasteiger partial charge on any atom is -0.497 e. The fraction of sp³-hybridized carbons (Fsp3) is 0.214. The maximum Gasteiger partial charge on any atom is 0.159 e. The summed E-state index contributed by atoms with van der Waals surface area (Å²) in [5.74, 6) is 4.71. The maximum atomic E-state index is 11.2. The quantitative estimate of drug-likeness (QED) is 0.129. The number of methoxy groups -OCH3 is 6. The van der Waals surface area contributed by atoms with Crippen LogP contribution in [0, 0.1) is 0 Å². The number of fused-ring (bicyclic) bond motifs is 1. The van der Waals surface area contributed by atoms with Crippen molar-refractivity contribution < 1.29 is 47.6 Å². The Labute approximate surface area is 391 Å². The molecule has 7 aromatic carbocycles. The molecule has 0 N–H and O–H groups in total. The van der Waals surface area contributed by atoms with Crippen molar-refractivity contribution in [1.29, 1.82) is 0 Å². The van der Waals surface area contributed by atoms with Crippen LogP contribution in [0.15, 0.2) is 170 Å². The lowest BCUT2D eigenvalue weighted by atomic mass is 10.0. The number of benzene rings is 7. The SMILES string of the molecule is CC(=O)c1ccccc1.CC(C)=O.COC.COc1ccc(-c2ccc(OC)cc2)cc1.COc1ccc(C(C)=O)cc1.COc1ccc2cc(C(C)=O)ccc2c1.COc1ccccc1. The molecular formula is C56H64O10. The molecule has 0 fully saturated rings. The number of carbonyl (C=O) groups excluding carboxylic acids is 4. The molecule has 0 saturated carbocycles. The minimum atomic E-state index is 0.0765. The van der Waals surface area contributed by atoms with Crippen molar-refractivity contribution in [1.82, 2.24) is 0 Å². The van der Waals surface area contributed by atoms with Gasteiger partial charge in [-0.05, 0) is 135 Å². The van der Waals surface area contributed by atoms with E-state index < -0.39 is 0 Å². The summed E-state index contributed by atoms with van der Waals surface area (Å²) in [6.45, 7) is 7.74. The molecule has 0 heterocycles. The summed E-state index contributed by atoms with van der Waals surface area (Å²) in [5, 5.41) is 2.14. The van der Waals surface area contributed by atoms with E-state index in [2.05, 4.69) is 4.74 Å². The third-order valence-corrected chi connectivity index (χ3v) is 8.62. The Kier molecular flexibility index (Phi) is 28.2. The van der Waals surface area contributed by atoms with Crippen LogP contribution in [0.5, 0.6) is 28.7 Å². The van der Waals surface area contributed by atoms with E-state index in [0.717, 1.165) is 50.6 Å². The zero-order valence-corrected chi connectivity index (χ0v) is 40.2. The van der Waals surface area contributed by atoms with Crippen LogP contribution < -0.4 is 23.7 Å². The van der Waals surface area contributed by atoms with E-state index in [4.69, 9.17) is 23.7 Å². The van der Waals surface area contributed by atoms with Gasteiger partial charge in [0.1, 0.15) is 34.5 Å². The van der Waals surface area contributed by atoms with Crippen molar-refractivity contribution >= 4 is 33.9 Å². The Morgan fingerprint density at radius 3 is 0.909 bits per heavy atom. The average Bonchev–Trinajstić information content (AvgIpc) is 3.35. The van der Waals surface area contributed by atoms with E-state index in [0.29, 0.717) is 5.56 Å². The molecule has 0 aromatic heterocycles. The molecule has 10 heteroatoms. The number of ketones is 4. The molecule has 0 spiro atoms. The predicted molar refractivity (Wildman–Crippen MR) is 267 cm³/mol. The van der Waals surface area contributed by atoms with Gasteiger partial charge in [-0.2, -0.15) is 0 Å². The fourth-order valence-corrected chi connectivity index (χ4v) is 5.19. The van der Waals surface area contributed by atoms with E-state index in [9.17, 15) is 19.2 Å². The van der Waals surface area contributed by atoms with E-state index in [1.807, 2.05) is 146 Å². The second-order valence-corrected chi connectivity index (χ2v) is 14.0. The zero-order valence-electron chi connectivity index (χ0n) is 40.2. The number of para-hydroxylation sites is 1. The standard InChI is InChI=1S/C14H14O2.C13H12O2.C9H10O2.C8H8O.C7H8O.C3H6O.C2H6O/c1-15-13-7-3-11(4-8-13)12-5-9-14(16-2)10-6-12;1-9(14)10-3-4-12-8-13(15-2)6-5-11(12)7-10;1-7(10)8-3-5-9(11-2)6-4-8;1-7(9)8-5-3-2-4-6-8;1-8-7-5-3-2-4-6-7;1-3(2)4;1-3-2/h3-10H,1-2H3;3-8H,1-2H3;3-6H,1-2H3;2-6H,1H3;2-6H,1H3;1-2H3;1-2H3. The van der Waals surface area contributed by atoms with Crippen molar-refractivity contribution in [3.05, 3.63) is 187 Å². The first-order chi connectivity index (χ1) is 31.7. The number of rotatable bonds is 9. The molecule has 7 rings (SSSR count). The van der Waals surface area contributed by atoms with Crippen molar-refractivity contribution in [2.45, 2.75) is 34.6 Å². The van der Waals surface area contributed by atoms with Gasteiger partial charge in [0.15, 0.2) is 17.3 Å². The first-order valence-corrected chi connectivity index (χ1v) is 20.7. The van der Waals surface area contributed by atoms with E-state index in [-0.39, 0.29) is 23.1 Å². The molecule has 0 aliphatic heterocycles. The first kappa shape index (κ1) is 56.5. The molecule has 0 aliphatic carbocycles. The lowest BCUT2D eigenvalue weighted by Gasteiger charge is -2.05. The second-order valence-electron chi connectivity index (χ2n) is 14.0. The Morgan fingerprint density at radius 2 is 0.576 bits per heavy atom. The molecule has 0 bridgehead atoms. The van der Waals surface area contributed by atoms with Gasteiger partial charge in [0.05, 0.1) is 35.5 Å². The van der Waals surface area contributed by atoms with Crippen LogP contribution in [0.3, 0.4) is 0 Å². The van der Waals surface area contributed by atoms with Gasteiger partial charge in [0.25, 0.3) is 0 Å². The lowest BCUT2D eigenvalue weighted by Crippen LogP contribution is -1.91. The van der Waals surface area contributed by atoms with Crippen molar-refractivity contribution in [2.75, 3.05) is 49.8 Å². The van der Waals surface area contributed by atoms with Gasteiger partial charge in [0, 0.05) is 30.9 Å². The highest BCUT2D eigenvalue weighted by Gasteiger charge is 2.02. The smallest absolute Gasteiger partial charge is 0.159 e. The minimum absolute atomic E-state index is 0.0765.